The zero-order valence-electron chi connectivity index (χ0n) is 11.9. The van der Waals surface area contributed by atoms with Crippen LogP contribution in [0.3, 0.4) is 0 Å². The summed E-state index contributed by atoms with van der Waals surface area (Å²) in [5, 5.41) is 2.81. The average Bonchev–Trinajstić information content (AvgIpc) is 2.48. The Kier molecular flexibility index (Phi) is 5.06. The highest BCUT2D eigenvalue weighted by Gasteiger charge is 2.17. The van der Waals surface area contributed by atoms with E-state index in [2.05, 4.69) is 5.32 Å². The van der Waals surface area contributed by atoms with E-state index in [-0.39, 0.29) is 17.8 Å². The summed E-state index contributed by atoms with van der Waals surface area (Å²) in [7, 11) is 0. The molecule has 2 rings (SSSR count). The first kappa shape index (κ1) is 15.2. The van der Waals surface area contributed by atoms with Gasteiger partial charge >= 0.3 is 0 Å². The standard InChI is InChI=1S/C17H19FN2O/c1-12(14-8-5-9-15(18)11-14)20-17(21)16(19)10-13-6-3-2-4-7-13/h2-9,11-12,16H,10,19H2,1H3,(H,20,21)/t12-,16+/m1/s1. The molecule has 0 unspecified atom stereocenters. The molecule has 3 nitrogen and oxygen atoms in total. The van der Waals surface area contributed by atoms with Crippen LogP contribution in [0.2, 0.25) is 0 Å². The molecule has 2 aromatic rings. The molecule has 0 spiro atoms. The van der Waals surface area contributed by atoms with E-state index in [1.54, 1.807) is 12.1 Å². The van der Waals surface area contributed by atoms with Crippen molar-refractivity contribution >= 4 is 5.91 Å². The lowest BCUT2D eigenvalue weighted by Gasteiger charge is -2.18. The summed E-state index contributed by atoms with van der Waals surface area (Å²) in [5.74, 6) is -0.558. The molecule has 0 heterocycles. The maximum Gasteiger partial charge on any atom is 0.237 e. The molecule has 0 aliphatic heterocycles. The summed E-state index contributed by atoms with van der Waals surface area (Å²) < 4.78 is 13.2. The lowest BCUT2D eigenvalue weighted by atomic mass is 10.0. The first-order valence-corrected chi connectivity index (χ1v) is 6.91. The highest BCUT2D eigenvalue weighted by molar-refractivity contribution is 5.82. The molecule has 4 heteroatoms. The molecular formula is C17H19FN2O. The summed E-state index contributed by atoms with van der Waals surface area (Å²) in [5.41, 5.74) is 7.65. The van der Waals surface area contributed by atoms with Gasteiger partial charge in [0.05, 0.1) is 12.1 Å². The van der Waals surface area contributed by atoms with E-state index in [0.717, 1.165) is 11.1 Å². The van der Waals surface area contributed by atoms with Crippen LogP contribution in [0.1, 0.15) is 24.1 Å². The minimum Gasteiger partial charge on any atom is -0.348 e. The van der Waals surface area contributed by atoms with Crippen LogP contribution >= 0.6 is 0 Å². The number of carbonyl (C=O) groups is 1. The van der Waals surface area contributed by atoms with E-state index in [1.165, 1.54) is 12.1 Å². The number of benzene rings is 2. The third-order valence-electron chi connectivity index (χ3n) is 3.34. The van der Waals surface area contributed by atoms with Crippen LogP contribution in [-0.4, -0.2) is 11.9 Å². The molecule has 3 N–H and O–H groups in total. The minimum absolute atomic E-state index is 0.240. The Labute approximate surface area is 124 Å². The zero-order valence-corrected chi connectivity index (χ0v) is 11.9. The third-order valence-corrected chi connectivity index (χ3v) is 3.34. The number of amides is 1. The molecule has 21 heavy (non-hydrogen) atoms. The van der Waals surface area contributed by atoms with Gasteiger partial charge in [0.25, 0.3) is 0 Å². The second-order valence-electron chi connectivity index (χ2n) is 5.08. The molecule has 2 aromatic carbocycles. The van der Waals surface area contributed by atoms with Gasteiger partial charge < -0.3 is 11.1 Å². The Bertz CT molecular complexity index is 601. The number of nitrogens with one attached hydrogen (secondary N) is 1. The molecule has 0 saturated heterocycles. The molecule has 0 radical (unpaired) electrons. The van der Waals surface area contributed by atoms with Crippen molar-refractivity contribution in [2.24, 2.45) is 5.73 Å². The van der Waals surface area contributed by atoms with Crippen LogP contribution in [-0.2, 0) is 11.2 Å². The normalized spacial score (nSPS) is 13.5. The summed E-state index contributed by atoms with van der Waals surface area (Å²) in [4.78, 5) is 12.1. The highest BCUT2D eigenvalue weighted by atomic mass is 19.1. The van der Waals surface area contributed by atoms with Crippen LogP contribution in [0.4, 0.5) is 4.39 Å². The van der Waals surface area contributed by atoms with Crippen LogP contribution in [0.5, 0.6) is 0 Å². The van der Waals surface area contributed by atoms with Crippen LogP contribution in [0.25, 0.3) is 0 Å². The van der Waals surface area contributed by atoms with Gasteiger partial charge in [-0.1, -0.05) is 42.5 Å². The topological polar surface area (TPSA) is 55.1 Å². The van der Waals surface area contributed by atoms with Crippen molar-refractivity contribution in [3.8, 4) is 0 Å². The van der Waals surface area contributed by atoms with Gasteiger partial charge in [-0.2, -0.15) is 0 Å². The van der Waals surface area contributed by atoms with Crippen LogP contribution in [0.15, 0.2) is 54.6 Å². The Hall–Kier alpha value is -2.20. The van der Waals surface area contributed by atoms with Crippen molar-refractivity contribution < 1.29 is 9.18 Å². The predicted molar refractivity (Wildman–Crippen MR) is 81.1 cm³/mol. The van der Waals surface area contributed by atoms with Gasteiger partial charge in [-0.15, -0.1) is 0 Å². The fourth-order valence-corrected chi connectivity index (χ4v) is 2.14. The molecule has 110 valence electrons. The second-order valence-corrected chi connectivity index (χ2v) is 5.08. The first-order chi connectivity index (χ1) is 10.1. The number of hydrogen-bond donors (Lipinski definition) is 2. The number of rotatable bonds is 5. The quantitative estimate of drug-likeness (QED) is 0.887. The average molecular weight is 286 g/mol. The van der Waals surface area contributed by atoms with E-state index < -0.39 is 6.04 Å². The second kappa shape index (κ2) is 6.99. The summed E-state index contributed by atoms with van der Waals surface area (Å²) >= 11 is 0. The summed E-state index contributed by atoms with van der Waals surface area (Å²) in [6.45, 7) is 1.81. The molecule has 2 atom stereocenters. The monoisotopic (exact) mass is 286 g/mol. The molecule has 0 aliphatic rings. The Morgan fingerprint density at radius 2 is 1.90 bits per heavy atom. The predicted octanol–water partition coefficient (Wildman–Crippen LogP) is 2.57. The number of halogens is 1. The zero-order chi connectivity index (χ0) is 15.2. The number of carbonyl (C=O) groups excluding carboxylic acids is 1. The van der Waals surface area contributed by atoms with Gasteiger partial charge in [0.15, 0.2) is 0 Å². The summed E-state index contributed by atoms with van der Waals surface area (Å²) in [6, 6.07) is 14.9. The molecule has 0 saturated carbocycles. The highest BCUT2D eigenvalue weighted by Crippen LogP contribution is 2.13. The first-order valence-electron chi connectivity index (χ1n) is 6.91. The number of nitrogens with two attached hydrogens (primary N) is 1. The maximum atomic E-state index is 13.2. The van der Waals surface area contributed by atoms with Gasteiger partial charge in [0.1, 0.15) is 5.82 Å². The van der Waals surface area contributed by atoms with E-state index in [9.17, 15) is 9.18 Å². The van der Waals surface area contributed by atoms with Gasteiger partial charge in [-0.3, -0.25) is 4.79 Å². The third kappa shape index (κ3) is 4.39. The van der Waals surface area contributed by atoms with Gasteiger partial charge in [-0.25, -0.2) is 4.39 Å². The fraction of sp³-hybridized carbons (Fsp3) is 0.235. The molecule has 0 bridgehead atoms. The molecule has 1 amide bonds. The molecule has 0 fully saturated rings. The van der Waals surface area contributed by atoms with Crippen molar-refractivity contribution in [2.45, 2.75) is 25.4 Å². The van der Waals surface area contributed by atoms with E-state index in [1.807, 2.05) is 37.3 Å². The van der Waals surface area contributed by atoms with E-state index in [0.29, 0.717) is 6.42 Å². The van der Waals surface area contributed by atoms with Crippen LogP contribution < -0.4 is 11.1 Å². The van der Waals surface area contributed by atoms with E-state index in [4.69, 9.17) is 5.73 Å². The van der Waals surface area contributed by atoms with Crippen molar-refractivity contribution in [1.29, 1.82) is 0 Å². The van der Waals surface area contributed by atoms with Crippen LogP contribution in [0, 0.1) is 5.82 Å². The number of hydrogen-bond acceptors (Lipinski definition) is 2. The van der Waals surface area contributed by atoms with E-state index >= 15 is 0 Å². The molecule has 0 aliphatic carbocycles. The van der Waals surface area contributed by atoms with Gasteiger partial charge in [0, 0.05) is 0 Å². The Morgan fingerprint density at radius 1 is 1.19 bits per heavy atom. The Balaban J connectivity index is 1.94. The van der Waals surface area contributed by atoms with Crippen molar-refractivity contribution in [3.63, 3.8) is 0 Å². The van der Waals surface area contributed by atoms with Crippen molar-refractivity contribution in [2.75, 3.05) is 0 Å². The van der Waals surface area contributed by atoms with Gasteiger partial charge in [-0.05, 0) is 36.6 Å². The van der Waals surface area contributed by atoms with Crippen molar-refractivity contribution in [3.05, 3.63) is 71.5 Å². The summed E-state index contributed by atoms with van der Waals surface area (Å²) in [6.07, 6.45) is 0.475. The largest absolute Gasteiger partial charge is 0.348 e. The smallest absolute Gasteiger partial charge is 0.237 e. The molecule has 0 aromatic heterocycles. The maximum absolute atomic E-state index is 13.2. The van der Waals surface area contributed by atoms with Crippen molar-refractivity contribution in [1.82, 2.24) is 5.32 Å². The fourth-order valence-electron chi connectivity index (χ4n) is 2.14. The van der Waals surface area contributed by atoms with Gasteiger partial charge in [0.2, 0.25) is 5.91 Å². The SMILES string of the molecule is C[C@@H](NC(=O)[C@@H](N)Cc1ccccc1)c1cccc(F)c1. The Morgan fingerprint density at radius 3 is 2.57 bits per heavy atom. The minimum atomic E-state index is -0.622. The molecular weight excluding hydrogens is 267 g/mol. The lowest BCUT2D eigenvalue weighted by molar-refractivity contribution is -0.123. The lowest BCUT2D eigenvalue weighted by Crippen LogP contribution is -2.42.